The maximum atomic E-state index is 13.6. The molecule has 1 aliphatic rings. The summed E-state index contributed by atoms with van der Waals surface area (Å²) in [6.07, 6.45) is 1.93. The summed E-state index contributed by atoms with van der Waals surface area (Å²) >= 11 is 0. The van der Waals surface area contributed by atoms with Gasteiger partial charge >= 0.3 is 0 Å². The second-order valence-electron chi connectivity index (χ2n) is 5.06. The van der Waals surface area contributed by atoms with E-state index in [-0.39, 0.29) is 17.5 Å². The Balaban J connectivity index is 2.02. The number of hydrogen-bond acceptors (Lipinski definition) is 2. The van der Waals surface area contributed by atoms with Crippen LogP contribution in [0.1, 0.15) is 30.1 Å². The maximum Gasteiger partial charge on any atom is 0.256 e. The molecule has 0 N–H and O–H groups in total. The Morgan fingerprint density at radius 2 is 2.00 bits per heavy atom. The van der Waals surface area contributed by atoms with Gasteiger partial charge in [-0.25, -0.2) is 4.39 Å². The molecule has 4 heteroatoms. The minimum Gasteiger partial charge on any atom is -0.339 e. The van der Waals surface area contributed by atoms with Crippen LogP contribution in [-0.4, -0.2) is 48.4 Å². The molecule has 0 atom stereocenters. The highest BCUT2D eigenvalue weighted by atomic mass is 19.1. The third-order valence-corrected chi connectivity index (χ3v) is 3.98. The predicted octanol–water partition coefficient (Wildman–Crippen LogP) is 2.38. The number of amides is 1. The number of likely N-dealkylation sites (tertiary alicyclic amines) is 1. The van der Waals surface area contributed by atoms with Crippen LogP contribution in [0.3, 0.4) is 0 Å². The highest BCUT2D eigenvalue weighted by Gasteiger charge is 2.26. The largest absolute Gasteiger partial charge is 0.339 e. The van der Waals surface area contributed by atoms with Crippen molar-refractivity contribution in [2.75, 3.05) is 26.7 Å². The first kappa shape index (κ1) is 14.0. The lowest BCUT2D eigenvalue weighted by Crippen LogP contribution is -2.45. The van der Waals surface area contributed by atoms with Crippen molar-refractivity contribution in [2.45, 2.75) is 25.8 Å². The van der Waals surface area contributed by atoms with Crippen LogP contribution in [0, 0.1) is 5.82 Å². The molecule has 1 aromatic rings. The molecule has 1 aliphatic heterocycles. The summed E-state index contributed by atoms with van der Waals surface area (Å²) in [5.74, 6) is -0.654. The van der Waals surface area contributed by atoms with E-state index in [1.807, 2.05) is 0 Å². The molecular weight excluding hydrogens is 243 g/mol. The van der Waals surface area contributed by atoms with Gasteiger partial charge in [-0.1, -0.05) is 19.1 Å². The minimum absolute atomic E-state index is 0.169. The summed E-state index contributed by atoms with van der Waals surface area (Å²) in [7, 11) is 1.78. The van der Waals surface area contributed by atoms with E-state index in [0.717, 1.165) is 32.5 Å². The van der Waals surface area contributed by atoms with Crippen LogP contribution in [-0.2, 0) is 0 Å². The van der Waals surface area contributed by atoms with Crippen LogP contribution in [0.2, 0.25) is 0 Å². The average molecular weight is 264 g/mol. The first-order valence-corrected chi connectivity index (χ1v) is 6.87. The van der Waals surface area contributed by atoms with Crippen molar-refractivity contribution >= 4 is 5.91 Å². The minimum atomic E-state index is -0.439. The SMILES string of the molecule is CCN1CCC(N(C)C(=O)c2ccccc2F)CC1. The molecule has 0 spiro atoms. The molecule has 3 nitrogen and oxygen atoms in total. The van der Waals surface area contributed by atoms with E-state index in [2.05, 4.69) is 11.8 Å². The van der Waals surface area contributed by atoms with Crippen molar-refractivity contribution in [3.8, 4) is 0 Å². The van der Waals surface area contributed by atoms with E-state index in [1.54, 1.807) is 30.1 Å². The number of halogens is 1. The Morgan fingerprint density at radius 3 is 2.58 bits per heavy atom. The Bertz CT molecular complexity index is 442. The molecule has 104 valence electrons. The molecule has 2 rings (SSSR count). The Labute approximate surface area is 114 Å². The van der Waals surface area contributed by atoms with Gasteiger partial charge in [-0.3, -0.25) is 4.79 Å². The maximum absolute atomic E-state index is 13.6. The number of carbonyl (C=O) groups excluding carboxylic acids is 1. The van der Waals surface area contributed by atoms with E-state index in [9.17, 15) is 9.18 Å². The molecule has 0 unspecified atom stereocenters. The first-order valence-electron chi connectivity index (χ1n) is 6.87. The fourth-order valence-corrected chi connectivity index (χ4v) is 2.61. The topological polar surface area (TPSA) is 23.6 Å². The van der Waals surface area contributed by atoms with Gasteiger partial charge < -0.3 is 9.80 Å². The molecule has 0 aliphatic carbocycles. The summed E-state index contributed by atoms with van der Waals surface area (Å²) < 4.78 is 13.6. The second kappa shape index (κ2) is 6.15. The lowest BCUT2D eigenvalue weighted by atomic mass is 10.0. The molecule has 1 saturated heterocycles. The second-order valence-corrected chi connectivity index (χ2v) is 5.06. The van der Waals surface area contributed by atoms with Crippen LogP contribution in [0.25, 0.3) is 0 Å². The van der Waals surface area contributed by atoms with Crippen molar-refractivity contribution in [1.82, 2.24) is 9.80 Å². The van der Waals surface area contributed by atoms with Gasteiger partial charge in [0.05, 0.1) is 5.56 Å². The molecule has 1 amide bonds. The molecule has 19 heavy (non-hydrogen) atoms. The zero-order valence-corrected chi connectivity index (χ0v) is 11.6. The highest BCUT2D eigenvalue weighted by Crippen LogP contribution is 2.18. The average Bonchev–Trinajstić information content (AvgIpc) is 2.46. The molecule has 0 radical (unpaired) electrons. The highest BCUT2D eigenvalue weighted by molar-refractivity contribution is 5.94. The van der Waals surface area contributed by atoms with Gasteiger partial charge in [0, 0.05) is 26.2 Å². The van der Waals surface area contributed by atoms with E-state index in [1.165, 1.54) is 6.07 Å². The van der Waals surface area contributed by atoms with E-state index in [4.69, 9.17) is 0 Å². The number of piperidine rings is 1. The molecule has 0 bridgehead atoms. The van der Waals surface area contributed by atoms with Crippen molar-refractivity contribution in [3.63, 3.8) is 0 Å². The molecule has 1 aromatic carbocycles. The Kier molecular flexibility index (Phi) is 4.53. The quantitative estimate of drug-likeness (QED) is 0.837. The fourth-order valence-electron chi connectivity index (χ4n) is 2.61. The summed E-state index contributed by atoms with van der Waals surface area (Å²) in [5.41, 5.74) is 0.169. The molecule has 0 saturated carbocycles. The van der Waals surface area contributed by atoms with Crippen LogP contribution in [0.15, 0.2) is 24.3 Å². The number of rotatable bonds is 3. The molecular formula is C15H21FN2O. The molecule has 1 heterocycles. The van der Waals surface area contributed by atoms with E-state index < -0.39 is 5.82 Å². The van der Waals surface area contributed by atoms with Gasteiger partial charge in [-0.2, -0.15) is 0 Å². The van der Waals surface area contributed by atoms with E-state index >= 15 is 0 Å². The monoisotopic (exact) mass is 264 g/mol. The van der Waals surface area contributed by atoms with Crippen molar-refractivity contribution in [1.29, 1.82) is 0 Å². The third-order valence-electron chi connectivity index (χ3n) is 3.98. The van der Waals surface area contributed by atoms with Gasteiger partial charge in [-0.05, 0) is 31.5 Å². The van der Waals surface area contributed by atoms with Crippen LogP contribution >= 0.6 is 0 Å². The summed E-state index contributed by atoms with van der Waals surface area (Å²) in [6, 6.07) is 6.40. The standard InChI is InChI=1S/C15H21FN2O/c1-3-18-10-8-12(9-11-18)17(2)15(19)13-6-4-5-7-14(13)16/h4-7,12H,3,8-11H2,1-2H3. The Hall–Kier alpha value is -1.42. The number of hydrogen-bond donors (Lipinski definition) is 0. The van der Waals surface area contributed by atoms with Gasteiger partial charge in [0.15, 0.2) is 0 Å². The third kappa shape index (κ3) is 3.13. The van der Waals surface area contributed by atoms with Crippen molar-refractivity contribution in [2.24, 2.45) is 0 Å². The fraction of sp³-hybridized carbons (Fsp3) is 0.533. The van der Waals surface area contributed by atoms with Gasteiger partial charge in [0.1, 0.15) is 5.82 Å². The van der Waals surface area contributed by atoms with Crippen molar-refractivity contribution < 1.29 is 9.18 Å². The zero-order valence-electron chi connectivity index (χ0n) is 11.6. The van der Waals surface area contributed by atoms with Crippen LogP contribution in [0.5, 0.6) is 0 Å². The predicted molar refractivity (Wildman–Crippen MR) is 73.6 cm³/mol. The lowest BCUT2D eigenvalue weighted by molar-refractivity contribution is 0.0642. The Morgan fingerprint density at radius 1 is 1.37 bits per heavy atom. The summed E-state index contributed by atoms with van der Waals surface area (Å²) in [5, 5.41) is 0. The smallest absolute Gasteiger partial charge is 0.256 e. The normalized spacial score (nSPS) is 17.4. The molecule has 0 aromatic heterocycles. The van der Waals surface area contributed by atoms with Crippen LogP contribution < -0.4 is 0 Å². The van der Waals surface area contributed by atoms with Gasteiger partial charge in [-0.15, -0.1) is 0 Å². The van der Waals surface area contributed by atoms with Gasteiger partial charge in [0.25, 0.3) is 5.91 Å². The molecule has 1 fully saturated rings. The number of benzene rings is 1. The summed E-state index contributed by atoms with van der Waals surface area (Å²) in [6.45, 7) is 5.22. The zero-order chi connectivity index (χ0) is 13.8. The van der Waals surface area contributed by atoms with Crippen LogP contribution in [0.4, 0.5) is 4.39 Å². The number of nitrogens with zero attached hydrogens (tertiary/aromatic N) is 2. The van der Waals surface area contributed by atoms with Gasteiger partial charge in [0.2, 0.25) is 0 Å². The lowest BCUT2D eigenvalue weighted by Gasteiger charge is -2.36. The van der Waals surface area contributed by atoms with Crippen molar-refractivity contribution in [3.05, 3.63) is 35.6 Å². The summed E-state index contributed by atoms with van der Waals surface area (Å²) in [4.78, 5) is 16.4. The number of carbonyl (C=O) groups is 1. The first-order chi connectivity index (χ1) is 9.13. The van der Waals surface area contributed by atoms with E-state index in [0.29, 0.717) is 0 Å².